The van der Waals surface area contributed by atoms with Crippen LogP contribution in [0.2, 0.25) is 0 Å². The van der Waals surface area contributed by atoms with Crippen molar-refractivity contribution >= 4 is 17.3 Å². The van der Waals surface area contributed by atoms with Crippen LogP contribution in [0.1, 0.15) is 6.92 Å². The molecule has 0 aromatic heterocycles. The zero-order chi connectivity index (χ0) is 12.3. The molecule has 2 nitrogen and oxygen atoms in total. The molecular weight excluding hydrogens is 217 g/mol. The maximum Gasteiger partial charge on any atom is 0.228 e. The molecule has 0 saturated heterocycles. The lowest BCUT2D eigenvalue weighted by atomic mass is 10.2. The Bertz CT molecular complexity index is 525. The fraction of sp³-hybridized carbons (Fsp3) is 0.0714. The van der Waals surface area contributed by atoms with E-state index in [1.165, 1.54) is 24.0 Å². The molecule has 3 heteroatoms. The van der Waals surface area contributed by atoms with Crippen molar-refractivity contribution in [3.8, 4) is 0 Å². The minimum Gasteiger partial charge on any atom is -0.281 e. The standard InChI is InChI=1S/C14H12FNO/c1-11(17)16(13-7-3-2-4-8-13)14-9-5-6-12(15)10-14/h2-10H,1H3. The Morgan fingerprint density at radius 2 is 1.65 bits per heavy atom. The van der Waals surface area contributed by atoms with Gasteiger partial charge in [-0.15, -0.1) is 0 Å². The largest absolute Gasteiger partial charge is 0.281 e. The minimum atomic E-state index is -0.357. The van der Waals surface area contributed by atoms with Crippen LogP contribution in [0.15, 0.2) is 54.6 Å². The van der Waals surface area contributed by atoms with Gasteiger partial charge in [0.2, 0.25) is 5.91 Å². The number of rotatable bonds is 2. The van der Waals surface area contributed by atoms with Crippen molar-refractivity contribution in [3.63, 3.8) is 0 Å². The summed E-state index contributed by atoms with van der Waals surface area (Å²) in [6, 6.07) is 15.2. The fourth-order valence-electron chi connectivity index (χ4n) is 1.70. The molecule has 86 valence electrons. The first-order valence-corrected chi connectivity index (χ1v) is 5.30. The molecule has 0 aliphatic rings. The number of hydrogen-bond acceptors (Lipinski definition) is 1. The number of hydrogen-bond donors (Lipinski definition) is 0. The highest BCUT2D eigenvalue weighted by Crippen LogP contribution is 2.25. The number of carbonyl (C=O) groups excluding carboxylic acids is 1. The lowest BCUT2D eigenvalue weighted by molar-refractivity contribution is -0.115. The Morgan fingerprint density at radius 3 is 2.24 bits per heavy atom. The van der Waals surface area contributed by atoms with E-state index in [-0.39, 0.29) is 11.7 Å². The van der Waals surface area contributed by atoms with Crippen LogP contribution in [-0.2, 0) is 4.79 Å². The van der Waals surface area contributed by atoms with Crippen LogP contribution in [0, 0.1) is 5.82 Å². The first-order valence-electron chi connectivity index (χ1n) is 5.30. The third-order valence-corrected chi connectivity index (χ3v) is 2.40. The Hall–Kier alpha value is -2.16. The van der Waals surface area contributed by atoms with Crippen LogP contribution < -0.4 is 4.90 Å². The second-order valence-corrected chi connectivity index (χ2v) is 3.67. The summed E-state index contributed by atoms with van der Waals surface area (Å²) >= 11 is 0. The van der Waals surface area contributed by atoms with Gasteiger partial charge in [0, 0.05) is 12.6 Å². The average Bonchev–Trinajstić information content (AvgIpc) is 2.30. The van der Waals surface area contributed by atoms with E-state index in [1.807, 2.05) is 30.3 Å². The van der Waals surface area contributed by atoms with E-state index >= 15 is 0 Å². The van der Waals surface area contributed by atoms with Gasteiger partial charge >= 0.3 is 0 Å². The Balaban J connectivity index is 2.47. The van der Waals surface area contributed by atoms with Gasteiger partial charge in [-0.3, -0.25) is 9.69 Å². The van der Waals surface area contributed by atoms with Gasteiger partial charge in [0.05, 0.1) is 5.69 Å². The summed E-state index contributed by atoms with van der Waals surface area (Å²) in [6.07, 6.45) is 0. The molecule has 0 spiro atoms. The molecule has 0 heterocycles. The molecule has 0 atom stereocenters. The van der Waals surface area contributed by atoms with E-state index in [4.69, 9.17) is 0 Å². The van der Waals surface area contributed by atoms with Gasteiger partial charge in [0.25, 0.3) is 0 Å². The van der Waals surface area contributed by atoms with Gasteiger partial charge in [-0.05, 0) is 30.3 Å². The Labute approximate surface area is 99.3 Å². The summed E-state index contributed by atoms with van der Waals surface area (Å²) < 4.78 is 13.2. The lowest BCUT2D eigenvalue weighted by Gasteiger charge is -2.21. The second-order valence-electron chi connectivity index (χ2n) is 3.67. The van der Waals surface area contributed by atoms with Gasteiger partial charge in [0.15, 0.2) is 0 Å². The number of amides is 1. The molecule has 2 aromatic carbocycles. The van der Waals surface area contributed by atoms with Crippen molar-refractivity contribution in [1.29, 1.82) is 0 Å². The average molecular weight is 229 g/mol. The molecule has 17 heavy (non-hydrogen) atoms. The monoisotopic (exact) mass is 229 g/mol. The summed E-state index contributed by atoms with van der Waals surface area (Å²) in [6.45, 7) is 1.46. The van der Waals surface area contributed by atoms with E-state index in [0.717, 1.165) is 5.69 Å². The molecule has 0 radical (unpaired) electrons. The van der Waals surface area contributed by atoms with Gasteiger partial charge < -0.3 is 0 Å². The number of carbonyl (C=O) groups is 1. The second kappa shape index (κ2) is 4.78. The van der Waals surface area contributed by atoms with E-state index in [0.29, 0.717) is 5.69 Å². The van der Waals surface area contributed by atoms with Gasteiger partial charge in [-0.2, -0.15) is 0 Å². The summed E-state index contributed by atoms with van der Waals surface area (Å²) in [5.74, 6) is -0.508. The zero-order valence-electron chi connectivity index (χ0n) is 9.43. The fourth-order valence-corrected chi connectivity index (χ4v) is 1.70. The van der Waals surface area contributed by atoms with Crippen LogP contribution in [0.25, 0.3) is 0 Å². The molecule has 0 unspecified atom stereocenters. The summed E-state index contributed by atoms with van der Waals surface area (Å²) in [4.78, 5) is 13.1. The molecule has 0 N–H and O–H groups in total. The van der Waals surface area contributed by atoms with Crippen molar-refractivity contribution in [2.75, 3.05) is 4.90 Å². The highest BCUT2D eigenvalue weighted by atomic mass is 19.1. The molecule has 2 aromatic rings. The van der Waals surface area contributed by atoms with Gasteiger partial charge in [-0.25, -0.2) is 4.39 Å². The summed E-state index contributed by atoms with van der Waals surface area (Å²) in [5, 5.41) is 0. The molecule has 0 saturated carbocycles. The number of benzene rings is 2. The topological polar surface area (TPSA) is 20.3 Å². The third kappa shape index (κ3) is 2.50. The van der Waals surface area contributed by atoms with Crippen LogP contribution in [0.4, 0.5) is 15.8 Å². The van der Waals surface area contributed by atoms with Crippen LogP contribution in [0.5, 0.6) is 0 Å². The summed E-state index contributed by atoms with van der Waals surface area (Å²) in [5.41, 5.74) is 1.26. The van der Waals surface area contributed by atoms with Crippen molar-refractivity contribution in [3.05, 3.63) is 60.4 Å². The molecule has 2 rings (SSSR count). The van der Waals surface area contributed by atoms with Crippen LogP contribution >= 0.6 is 0 Å². The van der Waals surface area contributed by atoms with E-state index in [1.54, 1.807) is 12.1 Å². The maximum atomic E-state index is 13.2. The highest BCUT2D eigenvalue weighted by Gasteiger charge is 2.13. The van der Waals surface area contributed by atoms with Gasteiger partial charge in [-0.1, -0.05) is 24.3 Å². The molecule has 0 fully saturated rings. The summed E-state index contributed by atoms with van der Waals surface area (Å²) in [7, 11) is 0. The van der Waals surface area contributed by atoms with Gasteiger partial charge in [0.1, 0.15) is 5.82 Å². The predicted octanol–water partition coefficient (Wildman–Crippen LogP) is 3.51. The van der Waals surface area contributed by atoms with Crippen LogP contribution in [-0.4, -0.2) is 5.91 Å². The van der Waals surface area contributed by atoms with Crippen molar-refractivity contribution in [2.45, 2.75) is 6.92 Å². The van der Waals surface area contributed by atoms with Crippen molar-refractivity contribution in [2.24, 2.45) is 0 Å². The zero-order valence-corrected chi connectivity index (χ0v) is 9.43. The molecule has 1 amide bonds. The van der Waals surface area contributed by atoms with Crippen molar-refractivity contribution < 1.29 is 9.18 Å². The lowest BCUT2D eigenvalue weighted by Crippen LogP contribution is -2.22. The normalized spacial score (nSPS) is 10.0. The highest BCUT2D eigenvalue weighted by molar-refractivity contribution is 5.98. The molecular formula is C14H12FNO. The third-order valence-electron chi connectivity index (χ3n) is 2.40. The smallest absolute Gasteiger partial charge is 0.228 e. The first-order chi connectivity index (χ1) is 8.18. The molecule has 0 aliphatic heterocycles. The predicted molar refractivity (Wildman–Crippen MR) is 65.7 cm³/mol. The Kier molecular flexibility index (Phi) is 3.19. The molecule has 0 aliphatic carbocycles. The SMILES string of the molecule is CC(=O)N(c1ccccc1)c1cccc(F)c1. The van der Waals surface area contributed by atoms with E-state index in [9.17, 15) is 9.18 Å². The van der Waals surface area contributed by atoms with E-state index in [2.05, 4.69) is 0 Å². The number of nitrogens with zero attached hydrogens (tertiary/aromatic N) is 1. The number of halogens is 1. The van der Waals surface area contributed by atoms with E-state index < -0.39 is 0 Å². The first kappa shape index (κ1) is 11.3. The number of para-hydroxylation sites is 1. The Morgan fingerprint density at radius 1 is 1.00 bits per heavy atom. The molecule has 0 bridgehead atoms. The number of anilines is 2. The minimum absolute atomic E-state index is 0.151. The van der Waals surface area contributed by atoms with Crippen LogP contribution in [0.3, 0.4) is 0 Å². The van der Waals surface area contributed by atoms with Crippen molar-refractivity contribution in [1.82, 2.24) is 0 Å². The maximum absolute atomic E-state index is 13.2. The quantitative estimate of drug-likeness (QED) is 0.771.